The summed E-state index contributed by atoms with van der Waals surface area (Å²) in [5, 5.41) is 1.16. The minimum absolute atomic E-state index is 0.443. The molecule has 5 nitrogen and oxygen atoms in total. The molecule has 5 rings (SSSR count). The van der Waals surface area contributed by atoms with Gasteiger partial charge in [0.2, 0.25) is 0 Å². The Kier molecular flexibility index (Phi) is 3.25. The van der Waals surface area contributed by atoms with Crippen molar-refractivity contribution in [2.24, 2.45) is 0 Å². The van der Waals surface area contributed by atoms with E-state index in [9.17, 15) is 0 Å². The lowest BCUT2D eigenvalue weighted by Gasteiger charge is -2.16. The molecule has 1 aliphatic heterocycles. The normalized spacial score (nSPS) is 20.8. The number of nitrogens with two attached hydrogens (primary N) is 1. The molecule has 1 atom stereocenters. The van der Waals surface area contributed by atoms with Crippen molar-refractivity contribution in [1.29, 1.82) is 0 Å². The fraction of sp³-hybridized carbons (Fsp3) is 0.350. The first-order valence-electron chi connectivity index (χ1n) is 9.05. The van der Waals surface area contributed by atoms with Crippen LogP contribution < -0.4 is 5.73 Å². The molecular weight excluding hydrogens is 310 g/mol. The van der Waals surface area contributed by atoms with Gasteiger partial charge in [0.1, 0.15) is 5.82 Å². The summed E-state index contributed by atoms with van der Waals surface area (Å²) in [5.41, 5.74) is 12.7. The van der Waals surface area contributed by atoms with Gasteiger partial charge in [-0.1, -0.05) is 0 Å². The zero-order valence-corrected chi connectivity index (χ0v) is 14.5. The van der Waals surface area contributed by atoms with Crippen LogP contribution in [-0.2, 0) is 6.42 Å². The van der Waals surface area contributed by atoms with Crippen LogP contribution >= 0.6 is 0 Å². The molecular formula is C20H23N5. The molecule has 0 radical (unpaired) electrons. The van der Waals surface area contributed by atoms with E-state index in [2.05, 4.69) is 34.1 Å². The minimum atomic E-state index is 0.443. The van der Waals surface area contributed by atoms with Gasteiger partial charge in [-0.25, -0.2) is 4.98 Å². The van der Waals surface area contributed by atoms with E-state index in [1.54, 1.807) is 0 Å². The highest BCUT2D eigenvalue weighted by atomic mass is 15.2. The molecule has 1 unspecified atom stereocenters. The van der Waals surface area contributed by atoms with Crippen molar-refractivity contribution in [1.82, 2.24) is 19.9 Å². The van der Waals surface area contributed by atoms with E-state index in [1.165, 1.54) is 29.8 Å². The molecule has 2 aromatic heterocycles. The van der Waals surface area contributed by atoms with Crippen LogP contribution in [0.15, 0.2) is 24.3 Å². The summed E-state index contributed by atoms with van der Waals surface area (Å²) in [5.74, 6) is 1.13. The van der Waals surface area contributed by atoms with Crippen LogP contribution in [-0.4, -0.2) is 33.4 Å². The second-order valence-corrected chi connectivity index (χ2v) is 7.32. The van der Waals surface area contributed by atoms with Gasteiger partial charge in [-0.2, -0.15) is 0 Å². The number of rotatable bonds is 2. The van der Waals surface area contributed by atoms with Crippen LogP contribution in [0.3, 0.4) is 0 Å². The van der Waals surface area contributed by atoms with Gasteiger partial charge < -0.3 is 15.7 Å². The van der Waals surface area contributed by atoms with Crippen molar-refractivity contribution in [2.45, 2.75) is 31.7 Å². The summed E-state index contributed by atoms with van der Waals surface area (Å²) < 4.78 is 0. The molecule has 25 heavy (non-hydrogen) atoms. The lowest BCUT2D eigenvalue weighted by atomic mass is 9.98. The number of H-pyrrole nitrogens is 2. The SMILES string of the molecule is CN1CCCC1c1nc2c([nH]1)CCC(c1cc3cc(N)ccc3[nH]1)=C2. The van der Waals surface area contributed by atoms with E-state index < -0.39 is 0 Å². The Balaban J connectivity index is 1.50. The number of hydrogen-bond donors (Lipinski definition) is 3. The third kappa shape index (κ3) is 2.46. The first-order chi connectivity index (χ1) is 12.2. The van der Waals surface area contributed by atoms with Crippen LogP contribution in [0.4, 0.5) is 5.69 Å². The third-order valence-electron chi connectivity index (χ3n) is 5.61. The van der Waals surface area contributed by atoms with Crippen LogP contribution in [0.2, 0.25) is 0 Å². The summed E-state index contributed by atoms with van der Waals surface area (Å²) in [6.07, 6.45) is 6.73. The number of imidazole rings is 1. The summed E-state index contributed by atoms with van der Waals surface area (Å²) in [7, 11) is 2.19. The topological polar surface area (TPSA) is 73.7 Å². The maximum atomic E-state index is 5.90. The maximum Gasteiger partial charge on any atom is 0.124 e. The monoisotopic (exact) mass is 333 g/mol. The van der Waals surface area contributed by atoms with Gasteiger partial charge in [0.15, 0.2) is 0 Å². The predicted molar refractivity (Wildman–Crippen MR) is 102 cm³/mol. The fourth-order valence-electron chi connectivity index (χ4n) is 4.20. The fourth-order valence-corrected chi connectivity index (χ4v) is 4.20. The van der Waals surface area contributed by atoms with Gasteiger partial charge in [0, 0.05) is 28.0 Å². The van der Waals surface area contributed by atoms with E-state index in [-0.39, 0.29) is 0 Å². The number of fused-ring (bicyclic) bond motifs is 2. The molecule has 3 heterocycles. The highest BCUT2D eigenvalue weighted by Gasteiger charge is 2.27. The molecule has 0 amide bonds. The van der Waals surface area contributed by atoms with Crippen LogP contribution in [0.25, 0.3) is 22.6 Å². The average molecular weight is 333 g/mol. The highest BCUT2D eigenvalue weighted by Crippen LogP contribution is 2.34. The molecule has 1 aliphatic carbocycles. The van der Waals surface area contributed by atoms with Crippen molar-refractivity contribution < 1.29 is 0 Å². The first kappa shape index (κ1) is 14.8. The van der Waals surface area contributed by atoms with Crippen LogP contribution in [0.5, 0.6) is 0 Å². The number of benzene rings is 1. The van der Waals surface area contributed by atoms with Gasteiger partial charge in [0.25, 0.3) is 0 Å². The van der Waals surface area contributed by atoms with E-state index >= 15 is 0 Å². The standard InChI is InChI=1S/C20H23N5/c1-25-8-2-3-19(25)20-23-16-6-4-12(10-18(16)24-20)17-11-13-9-14(21)5-7-15(13)22-17/h5,7,9-11,19,22H,2-4,6,8,21H2,1H3,(H,23,24). The second kappa shape index (κ2) is 5.49. The molecule has 128 valence electrons. The molecule has 5 heteroatoms. The second-order valence-electron chi connectivity index (χ2n) is 7.32. The number of likely N-dealkylation sites (tertiary alicyclic amines) is 1. The number of aromatic amines is 2. The van der Waals surface area contributed by atoms with Gasteiger partial charge in [-0.05, 0) is 75.2 Å². The highest BCUT2D eigenvalue weighted by molar-refractivity contribution is 5.90. The van der Waals surface area contributed by atoms with Gasteiger partial charge in [-0.15, -0.1) is 0 Å². The van der Waals surface area contributed by atoms with Crippen LogP contribution in [0.1, 0.15) is 48.2 Å². The first-order valence-corrected chi connectivity index (χ1v) is 9.05. The number of anilines is 1. The summed E-state index contributed by atoms with van der Waals surface area (Å²) in [6.45, 7) is 1.16. The lowest BCUT2D eigenvalue weighted by molar-refractivity contribution is 0.307. The van der Waals surface area contributed by atoms with Gasteiger partial charge in [0.05, 0.1) is 11.7 Å². The maximum absolute atomic E-state index is 5.90. The summed E-state index contributed by atoms with van der Waals surface area (Å²) in [4.78, 5) is 14.4. The quantitative estimate of drug-likeness (QED) is 0.626. The van der Waals surface area contributed by atoms with Crippen molar-refractivity contribution in [3.05, 3.63) is 47.2 Å². The zero-order valence-electron chi connectivity index (χ0n) is 14.5. The molecule has 1 fully saturated rings. The average Bonchev–Trinajstić information content (AvgIpc) is 3.30. The third-order valence-corrected chi connectivity index (χ3v) is 5.61. The molecule has 1 aromatic carbocycles. The summed E-state index contributed by atoms with van der Waals surface area (Å²) in [6, 6.07) is 8.64. The summed E-state index contributed by atoms with van der Waals surface area (Å²) >= 11 is 0. The Morgan fingerprint density at radius 2 is 2.12 bits per heavy atom. The Hall–Kier alpha value is -2.53. The molecule has 1 saturated heterocycles. The van der Waals surface area contributed by atoms with Gasteiger partial charge in [-0.3, -0.25) is 4.90 Å². The van der Waals surface area contributed by atoms with Crippen molar-refractivity contribution in [3.8, 4) is 0 Å². The molecule has 0 bridgehead atoms. The molecule has 0 saturated carbocycles. The number of aromatic nitrogens is 3. The van der Waals surface area contributed by atoms with Crippen molar-refractivity contribution in [2.75, 3.05) is 19.3 Å². The van der Waals surface area contributed by atoms with E-state index in [1.807, 2.05) is 18.2 Å². The number of nitrogens with one attached hydrogen (secondary N) is 2. The Labute approximate surface area is 146 Å². The van der Waals surface area contributed by atoms with Crippen molar-refractivity contribution >= 4 is 28.2 Å². The number of nitrogen functional groups attached to an aromatic ring is 1. The number of nitrogens with zero attached hydrogens (tertiary/aromatic N) is 2. The molecule has 3 aromatic rings. The van der Waals surface area contributed by atoms with Gasteiger partial charge >= 0.3 is 0 Å². The lowest BCUT2D eigenvalue weighted by Crippen LogP contribution is -2.18. The zero-order chi connectivity index (χ0) is 17.0. The molecule has 2 aliphatic rings. The molecule has 4 N–H and O–H groups in total. The van der Waals surface area contributed by atoms with Crippen molar-refractivity contribution in [3.63, 3.8) is 0 Å². The van der Waals surface area contributed by atoms with E-state index in [0.29, 0.717) is 6.04 Å². The largest absolute Gasteiger partial charge is 0.399 e. The molecule has 0 spiro atoms. The van der Waals surface area contributed by atoms with Crippen LogP contribution in [0, 0.1) is 0 Å². The Morgan fingerprint density at radius 3 is 2.96 bits per heavy atom. The smallest absolute Gasteiger partial charge is 0.124 e. The Bertz CT molecular complexity index is 977. The number of hydrogen-bond acceptors (Lipinski definition) is 3. The Morgan fingerprint density at radius 1 is 1.20 bits per heavy atom. The number of allylic oxidation sites excluding steroid dienone is 1. The number of aryl methyl sites for hydroxylation is 1. The predicted octanol–water partition coefficient (Wildman–Crippen LogP) is 3.73. The van der Waals surface area contributed by atoms with E-state index in [0.717, 1.165) is 47.5 Å². The minimum Gasteiger partial charge on any atom is -0.399 e. The van der Waals surface area contributed by atoms with E-state index in [4.69, 9.17) is 10.7 Å².